The van der Waals surface area contributed by atoms with Gasteiger partial charge in [-0.25, -0.2) is 0 Å². The maximum Gasteiger partial charge on any atom is 0.471 e. The molecule has 0 saturated carbocycles. The number of hydrogen-bond donors (Lipinski definition) is 1. The van der Waals surface area contributed by atoms with Crippen molar-refractivity contribution in [1.82, 2.24) is 20.4 Å². The summed E-state index contributed by atoms with van der Waals surface area (Å²) in [6, 6.07) is 3.07. The maximum absolute atomic E-state index is 12.4. The molecule has 2 aromatic rings. The van der Waals surface area contributed by atoms with E-state index in [9.17, 15) is 18.0 Å². The number of pyridine rings is 1. The highest BCUT2D eigenvalue weighted by atomic mass is 19.4. The summed E-state index contributed by atoms with van der Waals surface area (Å²) in [5.41, 5.74) is 0.827. The van der Waals surface area contributed by atoms with Crippen molar-refractivity contribution in [2.45, 2.75) is 31.7 Å². The molecule has 0 aromatic carbocycles. The van der Waals surface area contributed by atoms with Gasteiger partial charge in [0.05, 0.1) is 12.2 Å². The number of aromatic nitrogens is 3. The highest BCUT2D eigenvalue weighted by Crippen LogP contribution is 2.29. The van der Waals surface area contributed by atoms with Gasteiger partial charge in [0.15, 0.2) is 0 Å². The summed E-state index contributed by atoms with van der Waals surface area (Å²) < 4.78 is 46.7. The zero-order chi connectivity index (χ0) is 17.2. The zero-order valence-electron chi connectivity index (χ0n) is 12.3. The Kier molecular flexibility index (Phi) is 4.47. The van der Waals surface area contributed by atoms with Crippen LogP contribution in [-0.4, -0.2) is 33.7 Å². The largest absolute Gasteiger partial charge is 0.471 e. The van der Waals surface area contributed by atoms with Gasteiger partial charge in [0.1, 0.15) is 6.10 Å². The summed E-state index contributed by atoms with van der Waals surface area (Å²) in [6.45, 7) is 0.772. The normalized spacial score (nSPS) is 17.9. The van der Waals surface area contributed by atoms with Crippen molar-refractivity contribution in [2.75, 3.05) is 6.61 Å². The summed E-state index contributed by atoms with van der Waals surface area (Å²) >= 11 is 0. The number of nitrogens with one attached hydrogen (secondary N) is 1. The van der Waals surface area contributed by atoms with E-state index in [0.29, 0.717) is 18.7 Å². The van der Waals surface area contributed by atoms with Crippen LogP contribution in [0.3, 0.4) is 0 Å². The van der Waals surface area contributed by atoms with Crippen LogP contribution in [0, 0.1) is 0 Å². The third kappa shape index (κ3) is 3.70. The predicted molar refractivity (Wildman–Crippen MR) is 73.4 cm³/mol. The van der Waals surface area contributed by atoms with E-state index in [4.69, 9.17) is 4.74 Å². The standard InChI is InChI=1S/C14H13F3N4O3/c15-14(16,17)13-20-11(21-24-13)8-3-4-9(18-6-8)7-19-12(22)10-2-1-5-23-10/h3-4,6,10H,1-2,5,7H2,(H,19,22). The number of alkyl halides is 3. The molecule has 10 heteroatoms. The van der Waals surface area contributed by atoms with Crippen molar-refractivity contribution < 1.29 is 27.2 Å². The lowest BCUT2D eigenvalue weighted by Crippen LogP contribution is -2.33. The SMILES string of the molecule is O=C(NCc1ccc(-c2noc(C(F)(F)F)n2)cn1)C1CCCO1. The van der Waals surface area contributed by atoms with Crippen molar-refractivity contribution in [3.63, 3.8) is 0 Å². The molecule has 1 atom stereocenters. The number of carbonyl (C=O) groups excluding carboxylic acids is 1. The van der Waals surface area contributed by atoms with E-state index in [0.717, 1.165) is 6.42 Å². The summed E-state index contributed by atoms with van der Waals surface area (Å²) in [4.78, 5) is 19.1. The Balaban J connectivity index is 1.61. The molecule has 1 N–H and O–H groups in total. The van der Waals surface area contributed by atoms with E-state index in [-0.39, 0.29) is 23.8 Å². The second-order valence-corrected chi connectivity index (χ2v) is 5.18. The smallest absolute Gasteiger partial charge is 0.368 e. The first-order valence-corrected chi connectivity index (χ1v) is 7.19. The lowest BCUT2D eigenvalue weighted by Gasteiger charge is -2.09. The monoisotopic (exact) mass is 342 g/mol. The number of nitrogens with zero attached hydrogens (tertiary/aromatic N) is 3. The maximum atomic E-state index is 12.4. The number of halogens is 3. The Morgan fingerprint density at radius 2 is 2.21 bits per heavy atom. The highest BCUT2D eigenvalue weighted by molar-refractivity contribution is 5.80. The first kappa shape index (κ1) is 16.4. The molecule has 128 valence electrons. The van der Waals surface area contributed by atoms with Gasteiger partial charge in [-0.15, -0.1) is 0 Å². The van der Waals surface area contributed by atoms with Crippen LogP contribution in [0.25, 0.3) is 11.4 Å². The van der Waals surface area contributed by atoms with E-state index in [1.54, 1.807) is 6.07 Å². The molecule has 2 aromatic heterocycles. The van der Waals surface area contributed by atoms with E-state index >= 15 is 0 Å². The minimum atomic E-state index is -4.69. The Hall–Kier alpha value is -2.49. The molecule has 1 amide bonds. The van der Waals surface area contributed by atoms with Crippen LogP contribution >= 0.6 is 0 Å². The van der Waals surface area contributed by atoms with Crippen molar-refractivity contribution in [2.24, 2.45) is 0 Å². The Labute approximate surface area is 134 Å². The van der Waals surface area contributed by atoms with Gasteiger partial charge in [0.2, 0.25) is 11.7 Å². The topological polar surface area (TPSA) is 90.1 Å². The van der Waals surface area contributed by atoms with Gasteiger partial charge in [-0.1, -0.05) is 5.16 Å². The number of amides is 1. The van der Waals surface area contributed by atoms with Crippen molar-refractivity contribution in [1.29, 1.82) is 0 Å². The number of hydrogen-bond acceptors (Lipinski definition) is 6. The van der Waals surface area contributed by atoms with Gasteiger partial charge >= 0.3 is 12.1 Å². The Morgan fingerprint density at radius 1 is 1.38 bits per heavy atom. The molecule has 7 nitrogen and oxygen atoms in total. The highest BCUT2D eigenvalue weighted by Gasteiger charge is 2.38. The first-order chi connectivity index (χ1) is 11.4. The molecule has 0 bridgehead atoms. The van der Waals surface area contributed by atoms with Gasteiger partial charge in [0.25, 0.3) is 0 Å². The summed E-state index contributed by atoms with van der Waals surface area (Å²) in [5.74, 6) is -1.82. The second kappa shape index (κ2) is 6.56. The molecule has 0 aliphatic carbocycles. The molecule has 24 heavy (non-hydrogen) atoms. The molecule has 1 saturated heterocycles. The summed E-state index contributed by atoms with van der Waals surface area (Å²) in [7, 11) is 0. The average molecular weight is 342 g/mol. The lowest BCUT2D eigenvalue weighted by molar-refractivity contribution is -0.159. The third-order valence-corrected chi connectivity index (χ3v) is 3.42. The molecule has 1 aliphatic rings. The molecule has 3 heterocycles. The summed E-state index contributed by atoms with van der Waals surface area (Å²) in [5, 5.41) is 5.98. The van der Waals surface area contributed by atoms with Gasteiger partial charge in [-0.05, 0) is 25.0 Å². The van der Waals surface area contributed by atoms with Crippen molar-refractivity contribution in [3.05, 3.63) is 29.9 Å². The minimum Gasteiger partial charge on any atom is -0.368 e. The van der Waals surface area contributed by atoms with E-state index < -0.39 is 18.2 Å². The first-order valence-electron chi connectivity index (χ1n) is 7.19. The van der Waals surface area contributed by atoms with Gasteiger partial charge in [0, 0.05) is 18.4 Å². The van der Waals surface area contributed by atoms with Crippen LogP contribution < -0.4 is 5.32 Å². The van der Waals surface area contributed by atoms with Crippen molar-refractivity contribution >= 4 is 5.91 Å². The Bertz CT molecular complexity index is 709. The number of carbonyl (C=O) groups is 1. The molecule has 1 aliphatic heterocycles. The average Bonchev–Trinajstić information content (AvgIpc) is 3.23. The van der Waals surface area contributed by atoms with Crippen LogP contribution in [-0.2, 0) is 22.3 Å². The fraction of sp³-hybridized carbons (Fsp3) is 0.429. The van der Waals surface area contributed by atoms with Crippen LogP contribution in [0.15, 0.2) is 22.9 Å². The van der Waals surface area contributed by atoms with Crippen LogP contribution in [0.5, 0.6) is 0 Å². The van der Waals surface area contributed by atoms with E-state index in [1.807, 2.05) is 0 Å². The lowest BCUT2D eigenvalue weighted by atomic mass is 10.2. The van der Waals surface area contributed by atoms with Crippen molar-refractivity contribution in [3.8, 4) is 11.4 Å². The van der Waals surface area contributed by atoms with Gasteiger partial charge in [-0.3, -0.25) is 9.78 Å². The van der Waals surface area contributed by atoms with Crippen LogP contribution in [0.2, 0.25) is 0 Å². The Morgan fingerprint density at radius 3 is 2.79 bits per heavy atom. The molecule has 0 spiro atoms. The quantitative estimate of drug-likeness (QED) is 0.913. The summed E-state index contributed by atoms with van der Waals surface area (Å²) in [6.07, 6.45) is -2.25. The fourth-order valence-corrected chi connectivity index (χ4v) is 2.19. The molecule has 0 radical (unpaired) electrons. The minimum absolute atomic E-state index is 0.193. The van der Waals surface area contributed by atoms with E-state index in [2.05, 4.69) is 25.0 Å². The molecule has 3 rings (SSSR count). The zero-order valence-corrected chi connectivity index (χ0v) is 12.3. The molecule has 1 unspecified atom stereocenters. The predicted octanol–water partition coefficient (Wildman–Crippen LogP) is 1.95. The molecular formula is C14H13F3N4O3. The number of ether oxygens (including phenoxy) is 1. The second-order valence-electron chi connectivity index (χ2n) is 5.18. The third-order valence-electron chi connectivity index (χ3n) is 3.42. The molecule has 1 fully saturated rings. The molecular weight excluding hydrogens is 329 g/mol. The number of rotatable bonds is 4. The fourth-order valence-electron chi connectivity index (χ4n) is 2.19. The van der Waals surface area contributed by atoms with Gasteiger partial charge < -0.3 is 14.6 Å². The van der Waals surface area contributed by atoms with Gasteiger partial charge in [-0.2, -0.15) is 18.2 Å². The van der Waals surface area contributed by atoms with Crippen LogP contribution in [0.4, 0.5) is 13.2 Å². The van der Waals surface area contributed by atoms with E-state index in [1.165, 1.54) is 12.3 Å². The van der Waals surface area contributed by atoms with Crippen LogP contribution in [0.1, 0.15) is 24.4 Å².